The van der Waals surface area contributed by atoms with Crippen molar-refractivity contribution in [3.05, 3.63) is 149 Å². The van der Waals surface area contributed by atoms with Crippen LogP contribution in [0.15, 0.2) is 126 Å². The summed E-state index contributed by atoms with van der Waals surface area (Å²) >= 11 is 1.46. The summed E-state index contributed by atoms with van der Waals surface area (Å²) in [5.74, 6) is -0.562. The predicted molar refractivity (Wildman–Crippen MR) is 219 cm³/mol. The number of nitrogens with two attached hydrogens (primary N) is 1. The number of carboxylic acid groups (broad SMARTS) is 1. The van der Waals surface area contributed by atoms with Crippen LogP contribution < -0.4 is 16.4 Å². The largest absolute Gasteiger partial charge is 0.478 e. The molecule has 56 heavy (non-hydrogen) atoms. The molecule has 0 bridgehead atoms. The zero-order chi connectivity index (χ0) is 39.3. The average molecular weight is 774 g/mol. The number of carbonyl (C=O) groups excluding carboxylic acids is 2. The average Bonchev–Trinajstić information content (AvgIpc) is 3.23. The summed E-state index contributed by atoms with van der Waals surface area (Å²) < 4.78 is 13.0. The molecule has 0 unspecified atom stereocenters. The van der Waals surface area contributed by atoms with Crippen molar-refractivity contribution < 1.29 is 34.1 Å². The molecule has 6 N–H and O–H groups in total. The number of anilines is 2. The molecule has 1 saturated heterocycles. The van der Waals surface area contributed by atoms with Crippen LogP contribution in [0, 0.1) is 0 Å². The first-order valence-corrected chi connectivity index (χ1v) is 19.8. The van der Waals surface area contributed by atoms with E-state index in [-0.39, 0.29) is 36.2 Å². The van der Waals surface area contributed by atoms with Crippen LogP contribution >= 0.6 is 11.8 Å². The van der Waals surface area contributed by atoms with Gasteiger partial charge in [-0.3, -0.25) is 9.59 Å². The molecule has 5 aromatic rings. The summed E-state index contributed by atoms with van der Waals surface area (Å²) in [6.45, 7) is 0.338. The molecule has 2 amide bonds. The van der Waals surface area contributed by atoms with Gasteiger partial charge in [0, 0.05) is 42.0 Å². The van der Waals surface area contributed by atoms with Crippen molar-refractivity contribution in [1.29, 1.82) is 0 Å². The Balaban J connectivity index is 1.05. The molecule has 10 nitrogen and oxygen atoms in total. The van der Waals surface area contributed by atoms with Gasteiger partial charge in [0.25, 0.3) is 0 Å². The number of aromatic carboxylic acids is 1. The number of aliphatic hydroxyl groups excluding tert-OH is 1. The molecule has 0 aliphatic carbocycles. The molecule has 1 heterocycles. The Hall–Kier alpha value is -5.46. The highest BCUT2D eigenvalue weighted by atomic mass is 32.2. The Kier molecular flexibility index (Phi) is 14.3. The Labute approximate surface area is 331 Å². The smallest absolute Gasteiger partial charge is 0.336 e. The zero-order valence-corrected chi connectivity index (χ0v) is 31.9. The monoisotopic (exact) mass is 773 g/mol. The number of ether oxygens (including phenoxy) is 2. The summed E-state index contributed by atoms with van der Waals surface area (Å²) in [6, 6.07) is 37.8. The van der Waals surface area contributed by atoms with Crippen LogP contribution in [0.4, 0.5) is 11.4 Å². The van der Waals surface area contributed by atoms with E-state index >= 15 is 0 Å². The Morgan fingerprint density at radius 2 is 1.43 bits per heavy atom. The number of nitrogens with one attached hydrogen (secondary N) is 2. The lowest BCUT2D eigenvalue weighted by Crippen LogP contribution is -2.31. The van der Waals surface area contributed by atoms with Gasteiger partial charge in [0.05, 0.1) is 35.8 Å². The number of para-hydroxylation sites is 2. The second-order valence-electron chi connectivity index (χ2n) is 13.7. The normalized spacial score (nSPS) is 16.6. The molecule has 1 aliphatic heterocycles. The van der Waals surface area contributed by atoms with Crippen molar-refractivity contribution in [3.8, 4) is 11.1 Å². The first-order valence-electron chi connectivity index (χ1n) is 18.8. The minimum Gasteiger partial charge on any atom is -0.478 e. The topological polar surface area (TPSA) is 160 Å². The van der Waals surface area contributed by atoms with Crippen LogP contribution in [0.3, 0.4) is 0 Å². The van der Waals surface area contributed by atoms with Gasteiger partial charge in [-0.1, -0.05) is 103 Å². The number of carboxylic acids is 1. The van der Waals surface area contributed by atoms with Gasteiger partial charge in [0.1, 0.15) is 0 Å². The van der Waals surface area contributed by atoms with Gasteiger partial charge in [0.15, 0.2) is 6.29 Å². The lowest BCUT2D eigenvalue weighted by atomic mass is 9.97. The van der Waals surface area contributed by atoms with Gasteiger partial charge in [0.2, 0.25) is 11.8 Å². The van der Waals surface area contributed by atoms with Gasteiger partial charge >= 0.3 is 5.97 Å². The van der Waals surface area contributed by atoms with Crippen LogP contribution in [0.25, 0.3) is 11.1 Å². The summed E-state index contributed by atoms with van der Waals surface area (Å²) in [4.78, 5) is 37.5. The second kappa shape index (κ2) is 19.9. The number of hydrogen-bond acceptors (Lipinski definition) is 8. The Bertz CT molecular complexity index is 2090. The van der Waals surface area contributed by atoms with E-state index in [1.54, 1.807) is 24.3 Å². The molecule has 0 aromatic heterocycles. The number of unbranched alkanes of at least 4 members (excludes halogenated alkanes) is 2. The van der Waals surface area contributed by atoms with E-state index in [2.05, 4.69) is 10.6 Å². The van der Waals surface area contributed by atoms with Crippen molar-refractivity contribution in [2.45, 2.75) is 75.1 Å². The van der Waals surface area contributed by atoms with Crippen molar-refractivity contribution in [3.63, 3.8) is 0 Å². The molecular weight excluding hydrogens is 727 g/mol. The molecule has 0 radical (unpaired) electrons. The summed E-state index contributed by atoms with van der Waals surface area (Å²) in [5, 5.41) is 25.1. The standard InChI is InChI=1S/C45H47N3O7S/c46-38-13-7-8-14-39(38)48-43(51)17-3-1-2-16-42(50)47-27-34-10-4-5-11-36(34)31-22-24-33(25-23-31)45-54-35(29-56-41-15-9-6-12-37(41)44(52)53)26-40(55-45)32-20-18-30(28-49)19-21-32/h4-15,18-25,35,40,45,49H,1-3,16-17,26-29,46H2,(H,47,50)(H,48,51)(H,52,53)/t35-,40+,45+/m1/s1. The number of amides is 2. The zero-order valence-electron chi connectivity index (χ0n) is 31.1. The molecular formula is C45H47N3O7S. The number of benzene rings is 5. The number of carbonyl (C=O) groups is 3. The van der Waals surface area contributed by atoms with E-state index in [0.717, 1.165) is 39.8 Å². The molecule has 5 aromatic carbocycles. The SMILES string of the molecule is Nc1ccccc1NC(=O)CCCCCC(=O)NCc1ccccc1-c1ccc([C@H]2O[C@@H](CSc3ccccc3C(=O)O)C[C@@H](c3ccc(CO)cc3)O2)cc1. The maximum Gasteiger partial charge on any atom is 0.336 e. The van der Waals surface area contributed by atoms with Gasteiger partial charge in [-0.15, -0.1) is 11.8 Å². The molecule has 0 spiro atoms. The fraction of sp³-hybridized carbons (Fsp3) is 0.267. The van der Waals surface area contributed by atoms with E-state index in [1.165, 1.54) is 11.8 Å². The molecule has 290 valence electrons. The summed E-state index contributed by atoms with van der Waals surface area (Å²) in [7, 11) is 0. The van der Waals surface area contributed by atoms with E-state index < -0.39 is 12.3 Å². The highest BCUT2D eigenvalue weighted by molar-refractivity contribution is 7.99. The van der Waals surface area contributed by atoms with Crippen molar-refractivity contribution in [1.82, 2.24) is 5.32 Å². The number of hydrogen-bond donors (Lipinski definition) is 5. The highest BCUT2D eigenvalue weighted by Gasteiger charge is 2.32. The minimum absolute atomic E-state index is 0.0389. The van der Waals surface area contributed by atoms with Crippen molar-refractivity contribution >= 4 is 40.9 Å². The summed E-state index contributed by atoms with van der Waals surface area (Å²) in [5.41, 5.74) is 12.9. The van der Waals surface area contributed by atoms with Gasteiger partial charge in [-0.25, -0.2) is 4.79 Å². The third kappa shape index (κ3) is 11.1. The first kappa shape index (κ1) is 40.2. The molecule has 6 rings (SSSR count). The fourth-order valence-corrected chi connectivity index (χ4v) is 7.67. The van der Waals surface area contributed by atoms with E-state index in [4.69, 9.17) is 15.2 Å². The molecule has 1 aliphatic rings. The van der Waals surface area contributed by atoms with Crippen LogP contribution in [-0.2, 0) is 32.2 Å². The van der Waals surface area contributed by atoms with Gasteiger partial charge < -0.3 is 36.1 Å². The maximum absolute atomic E-state index is 12.7. The Morgan fingerprint density at radius 3 is 2.18 bits per heavy atom. The van der Waals surface area contributed by atoms with E-state index in [9.17, 15) is 24.6 Å². The fourth-order valence-electron chi connectivity index (χ4n) is 6.60. The number of aliphatic hydroxyl groups is 1. The quantitative estimate of drug-likeness (QED) is 0.0354. The molecule has 1 fully saturated rings. The molecule has 3 atom stereocenters. The van der Waals surface area contributed by atoms with Crippen LogP contribution in [-0.4, -0.2) is 39.9 Å². The summed E-state index contributed by atoms with van der Waals surface area (Å²) in [6.07, 6.45) is 2.29. The lowest BCUT2D eigenvalue weighted by Gasteiger charge is -2.36. The van der Waals surface area contributed by atoms with Crippen LogP contribution in [0.1, 0.15) is 83.5 Å². The lowest BCUT2D eigenvalue weighted by molar-refractivity contribution is -0.245. The van der Waals surface area contributed by atoms with E-state index in [0.29, 0.717) is 60.7 Å². The van der Waals surface area contributed by atoms with Crippen molar-refractivity contribution in [2.75, 3.05) is 16.8 Å². The van der Waals surface area contributed by atoms with Crippen molar-refractivity contribution in [2.24, 2.45) is 0 Å². The van der Waals surface area contributed by atoms with Gasteiger partial charge in [-0.2, -0.15) is 0 Å². The highest BCUT2D eigenvalue weighted by Crippen LogP contribution is 2.40. The Morgan fingerprint density at radius 1 is 0.750 bits per heavy atom. The third-order valence-electron chi connectivity index (χ3n) is 9.69. The number of nitrogen functional groups attached to an aromatic ring is 1. The maximum atomic E-state index is 12.7. The van der Waals surface area contributed by atoms with Crippen LogP contribution in [0.5, 0.6) is 0 Å². The van der Waals surface area contributed by atoms with E-state index in [1.807, 2.05) is 97.1 Å². The van der Waals surface area contributed by atoms with Crippen LogP contribution in [0.2, 0.25) is 0 Å². The first-order chi connectivity index (χ1) is 27.3. The predicted octanol–water partition coefficient (Wildman–Crippen LogP) is 8.67. The number of rotatable bonds is 17. The second-order valence-corrected chi connectivity index (χ2v) is 14.8. The molecule has 0 saturated carbocycles. The van der Waals surface area contributed by atoms with Gasteiger partial charge in [-0.05, 0) is 64.9 Å². The number of thioether (sulfide) groups is 1. The third-order valence-corrected chi connectivity index (χ3v) is 10.9. The molecule has 11 heteroatoms. The minimum atomic E-state index is -0.967.